The van der Waals surface area contributed by atoms with Crippen LogP contribution in [0.1, 0.15) is 24.8 Å². The van der Waals surface area contributed by atoms with Crippen LogP contribution in [0.4, 0.5) is 10.1 Å². The van der Waals surface area contributed by atoms with Crippen molar-refractivity contribution in [2.24, 2.45) is 4.99 Å². The summed E-state index contributed by atoms with van der Waals surface area (Å²) in [5.41, 5.74) is 1.52. The maximum Gasteiger partial charge on any atom is 0.191 e. The van der Waals surface area contributed by atoms with Crippen LogP contribution < -0.4 is 15.5 Å². The van der Waals surface area contributed by atoms with Crippen molar-refractivity contribution in [3.8, 4) is 0 Å². The van der Waals surface area contributed by atoms with Gasteiger partial charge in [0.25, 0.3) is 0 Å². The molecule has 0 spiro atoms. The Labute approximate surface area is 195 Å². The molecule has 2 saturated heterocycles. The van der Waals surface area contributed by atoms with Crippen molar-refractivity contribution in [3.05, 3.63) is 29.6 Å². The second kappa shape index (κ2) is 14.0. The SMILES string of the molecule is CN=C(NCCCOCC1CCCO1)NCc1ccc(N2CCOCC2)c(F)c1.I. The Morgan fingerprint density at radius 3 is 2.80 bits per heavy atom. The lowest BCUT2D eigenvalue weighted by Crippen LogP contribution is -2.38. The van der Waals surface area contributed by atoms with Gasteiger partial charge in [0.1, 0.15) is 5.82 Å². The van der Waals surface area contributed by atoms with E-state index in [0.29, 0.717) is 44.6 Å². The first-order chi connectivity index (χ1) is 14.3. The largest absolute Gasteiger partial charge is 0.379 e. The molecule has 30 heavy (non-hydrogen) atoms. The third kappa shape index (κ3) is 8.16. The fraction of sp³-hybridized carbons (Fsp3) is 0.667. The number of rotatable bonds is 9. The van der Waals surface area contributed by atoms with Crippen molar-refractivity contribution >= 4 is 35.6 Å². The van der Waals surface area contributed by atoms with E-state index in [9.17, 15) is 4.39 Å². The maximum atomic E-state index is 14.5. The Morgan fingerprint density at radius 2 is 2.10 bits per heavy atom. The smallest absolute Gasteiger partial charge is 0.191 e. The van der Waals surface area contributed by atoms with Gasteiger partial charge in [-0.3, -0.25) is 4.99 Å². The van der Waals surface area contributed by atoms with Crippen molar-refractivity contribution in [2.75, 3.05) is 64.6 Å². The molecule has 0 aliphatic carbocycles. The number of guanidine groups is 1. The number of benzene rings is 1. The number of hydrogen-bond acceptors (Lipinski definition) is 5. The van der Waals surface area contributed by atoms with Gasteiger partial charge in [0.15, 0.2) is 5.96 Å². The molecule has 1 aromatic rings. The molecule has 2 aliphatic rings. The highest BCUT2D eigenvalue weighted by molar-refractivity contribution is 14.0. The highest BCUT2D eigenvalue weighted by Gasteiger charge is 2.16. The van der Waals surface area contributed by atoms with Crippen molar-refractivity contribution in [3.63, 3.8) is 0 Å². The molecule has 0 bridgehead atoms. The van der Waals surface area contributed by atoms with E-state index in [1.165, 1.54) is 0 Å². The summed E-state index contributed by atoms with van der Waals surface area (Å²) >= 11 is 0. The molecular formula is C21H34FIN4O3. The van der Waals surface area contributed by atoms with Gasteiger partial charge >= 0.3 is 0 Å². The summed E-state index contributed by atoms with van der Waals surface area (Å²) in [6.07, 6.45) is 3.39. The van der Waals surface area contributed by atoms with Gasteiger partial charge in [0.2, 0.25) is 0 Å². The van der Waals surface area contributed by atoms with E-state index in [-0.39, 0.29) is 35.9 Å². The molecule has 1 atom stereocenters. The van der Waals surface area contributed by atoms with E-state index in [1.807, 2.05) is 17.0 Å². The van der Waals surface area contributed by atoms with E-state index in [2.05, 4.69) is 15.6 Å². The van der Waals surface area contributed by atoms with Gasteiger partial charge in [-0.2, -0.15) is 0 Å². The predicted molar refractivity (Wildman–Crippen MR) is 127 cm³/mol. The van der Waals surface area contributed by atoms with Crippen LogP contribution in [0.2, 0.25) is 0 Å². The minimum absolute atomic E-state index is 0. The second-order valence-electron chi connectivity index (χ2n) is 7.30. The number of nitrogens with one attached hydrogen (secondary N) is 2. The van der Waals surface area contributed by atoms with Crippen molar-refractivity contribution < 1.29 is 18.6 Å². The lowest BCUT2D eigenvalue weighted by atomic mass is 10.1. The highest BCUT2D eigenvalue weighted by atomic mass is 127. The number of hydrogen-bond donors (Lipinski definition) is 2. The third-order valence-corrected chi connectivity index (χ3v) is 5.13. The molecule has 2 aliphatic heterocycles. The number of anilines is 1. The van der Waals surface area contributed by atoms with Gasteiger partial charge in [-0.05, 0) is 37.0 Å². The summed E-state index contributed by atoms with van der Waals surface area (Å²) in [7, 11) is 1.73. The van der Waals surface area contributed by atoms with Crippen LogP contribution in [0.3, 0.4) is 0 Å². The van der Waals surface area contributed by atoms with Crippen LogP contribution in [0.5, 0.6) is 0 Å². The van der Waals surface area contributed by atoms with E-state index in [0.717, 1.165) is 51.1 Å². The van der Waals surface area contributed by atoms with Crippen LogP contribution in [-0.4, -0.2) is 71.8 Å². The van der Waals surface area contributed by atoms with Crippen LogP contribution >= 0.6 is 24.0 Å². The molecule has 0 aromatic heterocycles. The molecule has 0 radical (unpaired) electrons. The molecule has 170 valence electrons. The maximum absolute atomic E-state index is 14.5. The quantitative estimate of drug-likeness (QED) is 0.219. The summed E-state index contributed by atoms with van der Waals surface area (Å²) in [4.78, 5) is 6.24. The second-order valence-corrected chi connectivity index (χ2v) is 7.30. The van der Waals surface area contributed by atoms with Crippen LogP contribution in [0.25, 0.3) is 0 Å². The lowest BCUT2D eigenvalue weighted by molar-refractivity contribution is 0.0168. The molecule has 1 unspecified atom stereocenters. The van der Waals surface area contributed by atoms with E-state index in [1.54, 1.807) is 13.1 Å². The number of halogens is 2. The van der Waals surface area contributed by atoms with Crippen LogP contribution in [0, 0.1) is 5.82 Å². The molecule has 2 heterocycles. The Hall–Kier alpha value is -1.17. The minimum atomic E-state index is -0.197. The van der Waals surface area contributed by atoms with Gasteiger partial charge in [0.05, 0.1) is 31.6 Å². The Kier molecular flexibility index (Phi) is 11.7. The van der Waals surface area contributed by atoms with E-state index in [4.69, 9.17) is 14.2 Å². The zero-order valence-corrected chi connectivity index (χ0v) is 20.0. The number of aliphatic imine (C=N–C) groups is 1. The fourth-order valence-electron chi connectivity index (χ4n) is 3.50. The van der Waals surface area contributed by atoms with Crippen molar-refractivity contribution in [1.29, 1.82) is 0 Å². The molecule has 9 heteroatoms. The van der Waals surface area contributed by atoms with Gasteiger partial charge < -0.3 is 29.7 Å². The van der Waals surface area contributed by atoms with Gasteiger partial charge in [0, 0.05) is 46.4 Å². The molecule has 2 fully saturated rings. The van der Waals surface area contributed by atoms with Gasteiger partial charge in [-0.25, -0.2) is 4.39 Å². The van der Waals surface area contributed by atoms with Crippen LogP contribution in [0.15, 0.2) is 23.2 Å². The molecular weight excluding hydrogens is 502 g/mol. The first kappa shape index (κ1) is 25.1. The molecule has 7 nitrogen and oxygen atoms in total. The Bertz CT molecular complexity index is 653. The zero-order valence-electron chi connectivity index (χ0n) is 17.7. The number of nitrogens with zero attached hydrogens (tertiary/aromatic N) is 2. The van der Waals surface area contributed by atoms with Crippen LogP contribution in [-0.2, 0) is 20.8 Å². The summed E-state index contributed by atoms with van der Waals surface area (Å²) < 4.78 is 31.0. The molecule has 2 N–H and O–H groups in total. The predicted octanol–water partition coefficient (Wildman–Crippen LogP) is 2.53. The third-order valence-electron chi connectivity index (χ3n) is 5.13. The first-order valence-corrected chi connectivity index (χ1v) is 10.5. The molecule has 0 amide bonds. The number of ether oxygens (including phenoxy) is 3. The van der Waals surface area contributed by atoms with E-state index < -0.39 is 0 Å². The van der Waals surface area contributed by atoms with Crippen molar-refractivity contribution in [2.45, 2.75) is 31.9 Å². The van der Waals surface area contributed by atoms with Gasteiger partial charge in [-0.15, -0.1) is 24.0 Å². The average molecular weight is 536 g/mol. The summed E-state index contributed by atoms with van der Waals surface area (Å²) in [6.45, 7) is 6.23. The van der Waals surface area contributed by atoms with E-state index >= 15 is 0 Å². The molecule has 1 aromatic carbocycles. The zero-order chi connectivity index (χ0) is 20.3. The minimum Gasteiger partial charge on any atom is -0.379 e. The highest BCUT2D eigenvalue weighted by Crippen LogP contribution is 2.21. The van der Waals surface area contributed by atoms with Gasteiger partial charge in [-0.1, -0.05) is 6.07 Å². The topological polar surface area (TPSA) is 67.4 Å². The van der Waals surface area contributed by atoms with Crippen molar-refractivity contribution in [1.82, 2.24) is 10.6 Å². The summed E-state index contributed by atoms with van der Waals surface area (Å²) in [6, 6.07) is 5.39. The summed E-state index contributed by atoms with van der Waals surface area (Å²) in [5.74, 6) is 0.499. The molecule has 3 rings (SSSR count). The normalized spacial score (nSPS) is 19.5. The monoisotopic (exact) mass is 536 g/mol. The standard InChI is InChI=1S/C21H33FN4O3.HI/c1-23-21(24-7-3-10-28-16-18-4-2-11-29-18)25-15-17-5-6-20(19(22)14-17)26-8-12-27-13-9-26;/h5-6,14,18H,2-4,7-13,15-16H2,1H3,(H2,23,24,25);1H. The number of morpholine rings is 1. The fourth-order valence-corrected chi connectivity index (χ4v) is 3.50. The Morgan fingerprint density at radius 1 is 1.27 bits per heavy atom. The first-order valence-electron chi connectivity index (χ1n) is 10.5. The average Bonchev–Trinajstić information content (AvgIpc) is 3.27. The summed E-state index contributed by atoms with van der Waals surface area (Å²) in [5, 5.41) is 6.48. The lowest BCUT2D eigenvalue weighted by Gasteiger charge is -2.29. The molecule has 0 saturated carbocycles. The Balaban J connectivity index is 0.00000320.